The summed E-state index contributed by atoms with van der Waals surface area (Å²) in [5.41, 5.74) is 0.705. The van der Waals surface area contributed by atoms with Crippen molar-refractivity contribution >= 4 is 12.2 Å². The van der Waals surface area contributed by atoms with Gasteiger partial charge in [-0.05, 0) is 51.0 Å². The van der Waals surface area contributed by atoms with E-state index in [2.05, 4.69) is 17.5 Å². The van der Waals surface area contributed by atoms with Gasteiger partial charge in [0.25, 0.3) is 0 Å². The van der Waals surface area contributed by atoms with Gasteiger partial charge in [-0.25, -0.2) is 0 Å². The zero-order valence-corrected chi connectivity index (χ0v) is 18.7. The van der Waals surface area contributed by atoms with E-state index in [-0.39, 0.29) is 17.9 Å². The fourth-order valence-electron chi connectivity index (χ4n) is 4.39. The molecule has 1 aromatic rings. The van der Waals surface area contributed by atoms with Crippen molar-refractivity contribution in [2.45, 2.75) is 64.4 Å². The van der Waals surface area contributed by atoms with E-state index in [1.165, 1.54) is 0 Å². The summed E-state index contributed by atoms with van der Waals surface area (Å²) < 4.78 is 17.2. The molecule has 1 fully saturated rings. The molecule has 1 aliphatic heterocycles. The summed E-state index contributed by atoms with van der Waals surface area (Å²) in [6.07, 6.45) is 8.50. The second-order valence-electron chi connectivity index (χ2n) is 9.07. The summed E-state index contributed by atoms with van der Waals surface area (Å²) in [4.78, 5) is 24.3. The van der Waals surface area contributed by atoms with Gasteiger partial charge < -0.3 is 24.3 Å². The largest absolute Gasteiger partial charge is 0.376 e. The third kappa shape index (κ3) is 6.99. The highest BCUT2D eigenvalue weighted by atomic mass is 16.7. The van der Waals surface area contributed by atoms with Crippen molar-refractivity contribution in [1.82, 2.24) is 5.32 Å². The molecule has 0 aromatic heterocycles. The van der Waals surface area contributed by atoms with Crippen LogP contribution >= 0.6 is 0 Å². The molecule has 31 heavy (non-hydrogen) atoms. The third-order valence-corrected chi connectivity index (χ3v) is 6.19. The number of allylic oxidation sites excluding steroid dienone is 2. The number of benzene rings is 1. The van der Waals surface area contributed by atoms with Crippen LogP contribution in [-0.4, -0.2) is 43.8 Å². The molecule has 0 spiro atoms. The van der Waals surface area contributed by atoms with Crippen molar-refractivity contribution in [3.63, 3.8) is 0 Å². The number of rotatable bonds is 11. The highest BCUT2D eigenvalue weighted by molar-refractivity contribution is 5.76. The minimum Gasteiger partial charge on any atom is -0.376 e. The van der Waals surface area contributed by atoms with Crippen LogP contribution in [0.15, 0.2) is 42.5 Å². The van der Waals surface area contributed by atoms with Crippen molar-refractivity contribution in [3.05, 3.63) is 48.0 Å². The van der Waals surface area contributed by atoms with E-state index in [0.717, 1.165) is 37.5 Å². The Morgan fingerprint density at radius 3 is 2.77 bits per heavy atom. The van der Waals surface area contributed by atoms with Crippen LogP contribution in [-0.2, 0) is 30.4 Å². The van der Waals surface area contributed by atoms with Crippen LogP contribution in [0.4, 0.5) is 0 Å². The minimum absolute atomic E-state index is 0.0438. The lowest BCUT2D eigenvalue weighted by atomic mass is 9.67. The first-order valence-electron chi connectivity index (χ1n) is 11.2. The van der Waals surface area contributed by atoms with Gasteiger partial charge in [0.2, 0.25) is 5.91 Å². The van der Waals surface area contributed by atoms with Gasteiger partial charge in [-0.15, -0.1) is 0 Å². The van der Waals surface area contributed by atoms with Gasteiger partial charge in [-0.3, -0.25) is 4.79 Å². The van der Waals surface area contributed by atoms with Crippen molar-refractivity contribution in [2.75, 3.05) is 19.8 Å². The monoisotopic (exact) mass is 429 g/mol. The second kappa shape index (κ2) is 11.0. The summed E-state index contributed by atoms with van der Waals surface area (Å²) in [5.74, 6) is -0.508. The van der Waals surface area contributed by atoms with Crippen molar-refractivity contribution in [3.8, 4) is 0 Å². The van der Waals surface area contributed by atoms with Crippen LogP contribution in [0.25, 0.3) is 0 Å². The Bertz CT molecular complexity index is 748. The molecule has 1 amide bonds. The number of aldehydes is 1. The lowest BCUT2D eigenvalue weighted by Crippen LogP contribution is -2.38. The van der Waals surface area contributed by atoms with Crippen LogP contribution in [0.3, 0.4) is 0 Å². The summed E-state index contributed by atoms with van der Waals surface area (Å²) in [6.45, 7) is 5.79. The fraction of sp³-hybridized carbons (Fsp3) is 0.600. The van der Waals surface area contributed by atoms with E-state index >= 15 is 0 Å². The molecule has 2 aliphatic rings. The van der Waals surface area contributed by atoms with Gasteiger partial charge >= 0.3 is 0 Å². The average molecular weight is 430 g/mol. The molecule has 1 aromatic carbocycles. The fourth-order valence-corrected chi connectivity index (χ4v) is 4.39. The highest BCUT2D eigenvalue weighted by Crippen LogP contribution is 2.40. The van der Waals surface area contributed by atoms with Gasteiger partial charge in [0.1, 0.15) is 6.29 Å². The Hall–Kier alpha value is -2.02. The Morgan fingerprint density at radius 1 is 1.26 bits per heavy atom. The molecular weight excluding hydrogens is 394 g/mol. The van der Waals surface area contributed by atoms with Crippen molar-refractivity contribution in [1.29, 1.82) is 0 Å². The summed E-state index contributed by atoms with van der Waals surface area (Å²) in [6, 6.07) is 10.1. The zero-order valence-electron chi connectivity index (χ0n) is 18.7. The van der Waals surface area contributed by atoms with E-state index in [9.17, 15) is 9.59 Å². The highest BCUT2D eigenvalue weighted by Gasteiger charge is 2.39. The number of carbonyl (C=O) groups is 2. The average Bonchev–Trinajstić information content (AvgIpc) is 3.11. The topological polar surface area (TPSA) is 73.9 Å². The molecule has 170 valence electrons. The molecular formula is C25H35NO5. The first-order valence-corrected chi connectivity index (χ1v) is 11.2. The molecule has 0 saturated carbocycles. The second-order valence-corrected chi connectivity index (χ2v) is 9.07. The van der Waals surface area contributed by atoms with E-state index in [1.54, 1.807) is 0 Å². The summed E-state index contributed by atoms with van der Waals surface area (Å²) >= 11 is 0. The lowest BCUT2D eigenvalue weighted by molar-refractivity contribution is -0.143. The molecule has 6 heteroatoms. The summed E-state index contributed by atoms with van der Waals surface area (Å²) in [7, 11) is 0. The zero-order chi connectivity index (χ0) is 22.2. The number of carbonyl (C=O) groups excluding carboxylic acids is 2. The predicted octanol–water partition coefficient (Wildman–Crippen LogP) is 3.79. The molecule has 0 unspecified atom stereocenters. The molecule has 1 N–H and O–H groups in total. The Morgan fingerprint density at radius 2 is 2.06 bits per heavy atom. The van der Waals surface area contributed by atoms with Crippen LogP contribution in [0.1, 0.15) is 51.5 Å². The summed E-state index contributed by atoms with van der Waals surface area (Å²) in [5, 5.41) is 2.96. The van der Waals surface area contributed by atoms with Crippen molar-refractivity contribution < 1.29 is 23.8 Å². The molecule has 1 saturated heterocycles. The molecule has 3 atom stereocenters. The van der Waals surface area contributed by atoms with E-state index < -0.39 is 11.2 Å². The normalized spacial score (nSPS) is 27.2. The molecule has 1 aliphatic carbocycles. The Kier molecular flexibility index (Phi) is 8.41. The first kappa shape index (κ1) is 23.6. The molecule has 6 nitrogen and oxygen atoms in total. The number of ether oxygens (including phenoxy) is 3. The van der Waals surface area contributed by atoms with Crippen molar-refractivity contribution in [2.24, 2.45) is 11.3 Å². The van der Waals surface area contributed by atoms with E-state index in [4.69, 9.17) is 14.2 Å². The molecule has 1 heterocycles. The van der Waals surface area contributed by atoms with Crippen LogP contribution < -0.4 is 5.32 Å². The first-order chi connectivity index (χ1) is 14.9. The lowest BCUT2D eigenvalue weighted by Gasteiger charge is -2.37. The molecule has 3 rings (SSSR count). The van der Waals surface area contributed by atoms with Gasteiger partial charge in [0.15, 0.2) is 5.79 Å². The smallest absolute Gasteiger partial charge is 0.222 e. The van der Waals surface area contributed by atoms with Crippen LogP contribution in [0.5, 0.6) is 0 Å². The maximum Gasteiger partial charge on any atom is 0.222 e. The standard InChI is InChI=1S/C25H35NO5/c1-24(2)30-18-22(31-24)15-23(28)26-14-8-13-25(19-27)12-7-6-11-21(25)17-29-16-20-9-4-3-5-10-20/h3-7,9-10,19,21-22H,8,11-18H2,1-2H3,(H,26,28)/t21-,22+,25-/m1/s1. The van der Waals surface area contributed by atoms with Crippen LogP contribution in [0, 0.1) is 11.3 Å². The van der Waals surface area contributed by atoms with Crippen LogP contribution in [0.2, 0.25) is 0 Å². The van der Waals surface area contributed by atoms with Gasteiger partial charge in [0.05, 0.1) is 32.3 Å². The molecule has 0 radical (unpaired) electrons. The van der Waals surface area contributed by atoms with E-state index in [0.29, 0.717) is 32.8 Å². The quantitative estimate of drug-likeness (QED) is 0.329. The number of nitrogens with one attached hydrogen (secondary N) is 1. The third-order valence-electron chi connectivity index (χ3n) is 6.19. The van der Waals surface area contributed by atoms with Gasteiger partial charge in [-0.1, -0.05) is 42.5 Å². The Balaban J connectivity index is 1.42. The van der Waals surface area contributed by atoms with E-state index in [1.807, 2.05) is 44.2 Å². The molecule has 0 bridgehead atoms. The predicted molar refractivity (Wildman–Crippen MR) is 118 cm³/mol. The minimum atomic E-state index is -0.618. The van der Waals surface area contributed by atoms with Gasteiger partial charge in [0, 0.05) is 12.0 Å². The SMILES string of the molecule is CC1(C)OC[C@H](CC(=O)NCCC[C@@]2(C=O)CC=CC[C@@H]2COCc2ccccc2)O1. The maximum atomic E-state index is 12.2. The number of amides is 1. The number of hydrogen-bond donors (Lipinski definition) is 1. The van der Waals surface area contributed by atoms with Gasteiger partial charge in [-0.2, -0.15) is 0 Å². The maximum absolute atomic E-state index is 12.2. The number of hydrogen-bond acceptors (Lipinski definition) is 5. The Labute approximate surface area is 185 Å².